The van der Waals surface area contributed by atoms with Crippen LogP contribution in [-0.4, -0.2) is 35.9 Å². The molecule has 0 saturated carbocycles. The monoisotopic (exact) mass is 530 g/mol. The summed E-state index contributed by atoms with van der Waals surface area (Å²) in [6, 6.07) is 19.4. The number of unbranched alkanes of at least 4 members (excludes halogenated alkanes) is 1. The van der Waals surface area contributed by atoms with Gasteiger partial charge in [0.1, 0.15) is 17.6 Å². The highest BCUT2D eigenvalue weighted by Gasteiger charge is 2.31. The van der Waals surface area contributed by atoms with Crippen LogP contribution in [0.25, 0.3) is 0 Å². The summed E-state index contributed by atoms with van der Waals surface area (Å²) in [7, 11) is 0. The molecule has 0 aliphatic heterocycles. The molecule has 190 valence electrons. The number of hydrogen-bond acceptors (Lipinski definition) is 3. The van der Waals surface area contributed by atoms with E-state index in [1.165, 1.54) is 17.0 Å². The molecule has 8 heteroatoms. The number of carbonyl (C=O) groups is 2. The van der Waals surface area contributed by atoms with Crippen LogP contribution in [0.3, 0.4) is 0 Å². The highest BCUT2D eigenvalue weighted by Crippen LogP contribution is 2.27. The highest BCUT2D eigenvalue weighted by molar-refractivity contribution is 6.35. The molecule has 0 radical (unpaired) electrons. The molecule has 0 fully saturated rings. The SMILES string of the molecule is CCCCNC(=O)[C@H](Cc1ccccc1)N(Cc1ccccc1F)C(=O)COc1ccc(Cl)cc1Cl. The Bertz CT molecular complexity index is 1160. The second-order valence-electron chi connectivity index (χ2n) is 8.33. The van der Waals surface area contributed by atoms with Crippen LogP contribution in [0.5, 0.6) is 5.75 Å². The van der Waals surface area contributed by atoms with Crippen molar-refractivity contribution in [2.75, 3.05) is 13.2 Å². The van der Waals surface area contributed by atoms with Gasteiger partial charge in [-0.15, -0.1) is 0 Å². The predicted molar refractivity (Wildman–Crippen MR) is 141 cm³/mol. The zero-order valence-electron chi connectivity index (χ0n) is 20.1. The molecule has 0 aliphatic rings. The molecule has 0 heterocycles. The molecular weight excluding hydrogens is 502 g/mol. The lowest BCUT2D eigenvalue weighted by atomic mass is 10.0. The Morgan fingerprint density at radius 2 is 1.75 bits per heavy atom. The summed E-state index contributed by atoms with van der Waals surface area (Å²) in [6.07, 6.45) is 1.99. The first-order chi connectivity index (χ1) is 17.4. The fraction of sp³-hybridized carbons (Fsp3) is 0.286. The average Bonchev–Trinajstić information content (AvgIpc) is 2.87. The van der Waals surface area contributed by atoms with Crippen LogP contribution in [-0.2, 0) is 22.6 Å². The van der Waals surface area contributed by atoms with Gasteiger partial charge in [0.25, 0.3) is 5.91 Å². The van der Waals surface area contributed by atoms with Crippen molar-refractivity contribution in [3.8, 4) is 5.75 Å². The third-order valence-corrected chi connectivity index (χ3v) is 6.17. The van der Waals surface area contributed by atoms with Gasteiger partial charge in [0.05, 0.1) is 5.02 Å². The van der Waals surface area contributed by atoms with Gasteiger partial charge in [0.2, 0.25) is 5.91 Å². The minimum atomic E-state index is -0.874. The number of hydrogen-bond donors (Lipinski definition) is 1. The molecule has 3 aromatic rings. The molecular formula is C28H29Cl2FN2O3. The van der Waals surface area contributed by atoms with Crippen molar-refractivity contribution in [1.29, 1.82) is 0 Å². The molecule has 0 saturated heterocycles. The third kappa shape index (κ3) is 7.97. The summed E-state index contributed by atoms with van der Waals surface area (Å²) in [5.74, 6) is -0.952. The Labute approximate surface area is 221 Å². The second kappa shape index (κ2) is 13.9. The van der Waals surface area contributed by atoms with Crippen LogP contribution in [0.15, 0.2) is 72.8 Å². The van der Waals surface area contributed by atoms with Crippen LogP contribution in [0, 0.1) is 5.82 Å². The lowest BCUT2D eigenvalue weighted by molar-refractivity contribution is -0.142. The molecule has 0 bridgehead atoms. The molecule has 0 unspecified atom stereocenters. The van der Waals surface area contributed by atoms with Gasteiger partial charge in [0.15, 0.2) is 6.61 Å². The van der Waals surface area contributed by atoms with Crippen LogP contribution < -0.4 is 10.1 Å². The molecule has 3 aromatic carbocycles. The summed E-state index contributed by atoms with van der Waals surface area (Å²) in [6.45, 7) is 2.03. The van der Waals surface area contributed by atoms with E-state index in [0.29, 0.717) is 17.1 Å². The lowest BCUT2D eigenvalue weighted by Crippen LogP contribution is -2.52. The number of nitrogens with one attached hydrogen (secondary N) is 1. The molecule has 5 nitrogen and oxygen atoms in total. The third-order valence-electron chi connectivity index (χ3n) is 5.64. The minimum Gasteiger partial charge on any atom is -0.482 e. The topological polar surface area (TPSA) is 58.6 Å². The van der Waals surface area contributed by atoms with E-state index in [2.05, 4.69) is 5.32 Å². The average molecular weight is 531 g/mol. The Balaban J connectivity index is 1.90. The second-order valence-corrected chi connectivity index (χ2v) is 9.17. The summed E-state index contributed by atoms with van der Waals surface area (Å²) in [4.78, 5) is 28.2. The maximum Gasteiger partial charge on any atom is 0.261 e. The van der Waals surface area contributed by atoms with Gasteiger partial charge in [0, 0.05) is 30.1 Å². The Kier molecular flexibility index (Phi) is 10.6. The van der Waals surface area contributed by atoms with Crippen LogP contribution >= 0.6 is 23.2 Å². The molecule has 36 heavy (non-hydrogen) atoms. The highest BCUT2D eigenvalue weighted by atomic mass is 35.5. The van der Waals surface area contributed by atoms with Crippen molar-refractivity contribution in [3.63, 3.8) is 0 Å². The Morgan fingerprint density at radius 3 is 2.44 bits per heavy atom. The fourth-order valence-corrected chi connectivity index (χ4v) is 4.15. The zero-order valence-corrected chi connectivity index (χ0v) is 21.6. The van der Waals surface area contributed by atoms with Crippen molar-refractivity contribution in [1.82, 2.24) is 10.2 Å². The van der Waals surface area contributed by atoms with Crippen molar-refractivity contribution in [2.45, 2.75) is 38.8 Å². The van der Waals surface area contributed by atoms with E-state index in [-0.39, 0.29) is 36.3 Å². The molecule has 1 atom stereocenters. The first-order valence-corrected chi connectivity index (χ1v) is 12.6. The van der Waals surface area contributed by atoms with Crippen molar-refractivity contribution in [3.05, 3.63) is 99.8 Å². The first-order valence-electron chi connectivity index (χ1n) is 11.8. The van der Waals surface area contributed by atoms with Gasteiger partial charge in [-0.25, -0.2) is 4.39 Å². The number of benzene rings is 3. The lowest BCUT2D eigenvalue weighted by Gasteiger charge is -2.31. The van der Waals surface area contributed by atoms with Gasteiger partial charge in [-0.1, -0.05) is 85.1 Å². The number of ether oxygens (including phenoxy) is 1. The number of rotatable bonds is 12. The first kappa shape index (κ1) is 27.5. The zero-order chi connectivity index (χ0) is 25.9. The number of amides is 2. The molecule has 2 amide bonds. The standard InChI is InChI=1S/C28H29Cl2FN2O3/c1-2-3-15-32-28(35)25(16-20-9-5-4-6-10-20)33(18-21-11-7-8-12-24(21)31)27(34)19-36-26-14-13-22(29)17-23(26)30/h4-14,17,25H,2-3,15-16,18-19H2,1H3,(H,32,35)/t25-/m0/s1. The molecule has 1 N–H and O–H groups in total. The summed E-state index contributed by atoms with van der Waals surface area (Å²) in [5.41, 5.74) is 1.18. The summed E-state index contributed by atoms with van der Waals surface area (Å²) >= 11 is 12.1. The largest absolute Gasteiger partial charge is 0.482 e. The van der Waals surface area contributed by atoms with Crippen LogP contribution in [0.2, 0.25) is 10.0 Å². The molecule has 0 aliphatic carbocycles. The van der Waals surface area contributed by atoms with E-state index >= 15 is 0 Å². The maximum absolute atomic E-state index is 14.6. The van der Waals surface area contributed by atoms with E-state index in [0.717, 1.165) is 18.4 Å². The van der Waals surface area contributed by atoms with Gasteiger partial charge >= 0.3 is 0 Å². The quantitative estimate of drug-likeness (QED) is 0.289. The van der Waals surface area contributed by atoms with Gasteiger partial charge < -0.3 is 15.0 Å². The molecule has 3 rings (SSSR count). The maximum atomic E-state index is 14.6. The van der Waals surface area contributed by atoms with Crippen molar-refractivity contribution < 1.29 is 18.7 Å². The van der Waals surface area contributed by atoms with Crippen LogP contribution in [0.1, 0.15) is 30.9 Å². The molecule has 0 spiro atoms. The summed E-state index contributed by atoms with van der Waals surface area (Å²) in [5, 5.41) is 3.62. The van der Waals surface area contributed by atoms with Crippen LogP contribution in [0.4, 0.5) is 4.39 Å². The Hall–Kier alpha value is -3.09. The normalized spacial score (nSPS) is 11.6. The van der Waals surface area contributed by atoms with E-state index < -0.39 is 17.8 Å². The van der Waals surface area contributed by atoms with Gasteiger partial charge in [-0.05, 0) is 36.2 Å². The predicted octanol–water partition coefficient (Wildman–Crippen LogP) is 6.07. The summed E-state index contributed by atoms with van der Waals surface area (Å²) < 4.78 is 20.3. The van der Waals surface area contributed by atoms with E-state index in [4.69, 9.17) is 27.9 Å². The molecule has 0 aromatic heterocycles. The van der Waals surface area contributed by atoms with E-state index in [1.807, 2.05) is 37.3 Å². The minimum absolute atomic E-state index is 0.0953. The van der Waals surface area contributed by atoms with Gasteiger partial charge in [-0.3, -0.25) is 9.59 Å². The van der Waals surface area contributed by atoms with E-state index in [9.17, 15) is 14.0 Å². The Morgan fingerprint density at radius 1 is 1.03 bits per heavy atom. The van der Waals surface area contributed by atoms with Crippen molar-refractivity contribution in [2.24, 2.45) is 0 Å². The number of halogens is 3. The number of carbonyl (C=O) groups excluding carboxylic acids is 2. The fourth-order valence-electron chi connectivity index (χ4n) is 3.68. The van der Waals surface area contributed by atoms with Gasteiger partial charge in [-0.2, -0.15) is 0 Å². The number of nitrogens with zero attached hydrogens (tertiary/aromatic N) is 1. The smallest absolute Gasteiger partial charge is 0.261 e. The van der Waals surface area contributed by atoms with E-state index in [1.54, 1.807) is 30.3 Å². The van der Waals surface area contributed by atoms with Crippen molar-refractivity contribution >= 4 is 35.0 Å².